The van der Waals surface area contributed by atoms with Gasteiger partial charge in [0.15, 0.2) is 0 Å². The van der Waals surface area contributed by atoms with Crippen molar-refractivity contribution in [1.82, 2.24) is 14.5 Å². The van der Waals surface area contributed by atoms with E-state index in [1.54, 1.807) is 17.1 Å². The summed E-state index contributed by atoms with van der Waals surface area (Å²) >= 11 is 1.45. The molecule has 0 saturated heterocycles. The summed E-state index contributed by atoms with van der Waals surface area (Å²) in [6, 6.07) is 14.0. The fraction of sp³-hybridized carbons (Fsp3) is 0.105. The highest BCUT2D eigenvalue weighted by atomic mass is 32.1. The molecular weight excluding hydrogens is 318 g/mol. The molecule has 0 spiro atoms. The van der Waals surface area contributed by atoms with Crippen LogP contribution in [0.3, 0.4) is 0 Å². The molecule has 0 aliphatic rings. The van der Waals surface area contributed by atoms with Crippen LogP contribution in [0.1, 0.15) is 11.3 Å². The van der Waals surface area contributed by atoms with Crippen molar-refractivity contribution in [2.75, 3.05) is 0 Å². The van der Waals surface area contributed by atoms with Crippen LogP contribution in [-0.2, 0) is 6.54 Å². The molecule has 4 rings (SSSR count). The highest BCUT2D eigenvalue weighted by Crippen LogP contribution is 2.30. The lowest BCUT2D eigenvalue weighted by molar-refractivity contribution is 0.731. The number of rotatable bonds is 3. The van der Waals surface area contributed by atoms with Crippen LogP contribution >= 0.6 is 11.3 Å². The molecule has 5 heteroatoms. The molecule has 0 radical (unpaired) electrons. The van der Waals surface area contributed by atoms with Crippen LogP contribution in [0, 0.1) is 6.92 Å². The molecular formula is C19H15N3OS. The van der Waals surface area contributed by atoms with Crippen LogP contribution in [0.15, 0.2) is 65.2 Å². The summed E-state index contributed by atoms with van der Waals surface area (Å²) in [5, 5.41) is 2.01. The summed E-state index contributed by atoms with van der Waals surface area (Å²) in [4.78, 5) is 21.6. The van der Waals surface area contributed by atoms with Gasteiger partial charge in [0.2, 0.25) is 0 Å². The smallest absolute Gasteiger partial charge is 0.271 e. The van der Waals surface area contributed by atoms with E-state index < -0.39 is 0 Å². The number of aromatic nitrogens is 3. The van der Waals surface area contributed by atoms with Crippen molar-refractivity contribution in [1.29, 1.82) is 0 Å². The normalized spacial score (nSPS) is 11.0. The van der Waals surface area contributed by atoms with Crippen molar-refractivity contribution in [3.63, 3.8) is 0 Å². The second-order valence-electron chi connectivity index (χ2n) is 5.69. The summed E-state index contributed by atoms with van der Waals surface area (Å²) in [5.74, 6) is 0. The molecule has 1 aromatic carbocycles. The molecule has 24 heavy (non-hydrogen) atoms. The summed E-state index contributed by atoms with van der Waals surface area (Å²) in [7, 11) is 0. The maximum atomic E-state index is 12.7. The maximum Gasteiger partial charge on any atom is 0.271 e. The second-order valence-corrected chi connectivity index (χ2v) is 6.57. The van der Waals surface area contributed by atoms with E-state index in [-0.39, 0.29) is 5.56 Å². The number of thiophene rings is 1. The third-order valence-electron chi connectivity index (χ3n) is 3.97. The van der Waals surface area contributed by atoms with E-state index in [0.717, 1.165) is 22.3 Å². The molecule has 0 bridgehead atoms. The van der Waals surface area contributed by atoms with E-state index in [2.05, 4.69) is 41.2 Å². The van der Waals surface area contributed by atoms with Gasteiger partial charge in [-0.1, -0.05) is 35.9 Å². The lowest BCUT2D eigenvalue weighted by Crippen LogP contribution is -2.20. The zero-order chi connectivity index (χ0) is 16.5. The van der Waals surface area contributed by atoms with Gasteiger partial charge in [0, 0.05) is 17.1 Å². The Hall–Kier alpha value is -2.79. The minimum absolute atomic E-state index is 0.0194. The molecule has 4 nitrogen and oxygen atoms in total. The summed E-state index contributed by atoms with van der Waals surface area (Å²) in [5.41, 5.74) is 4.90. The minimum atomic E-state index is -0.0194. The molecule has 0 unspecified atom stereocenters. The lowest BCUT2D eigenvalue weighted by atomic mass is 10.1. The molecule has 0 amide bonds. The zero-order valence-electron chi connectivity index (χ0n) is 13.1. The lowest BCUT2D eigenvalue weighted by Gasteiger charge is -2.05. The molecule has 0 aliphatic carbocycles. The van der Waals surface area contributed by atoms with Crippen LogP contribution in [0.4, 0.5) is 0 Å². The molecule has 4 aromatic rings. The highest BCUT2D eigenvalue weighted by Gasteiger charge is 2.12. The molecule has 0 atom stereocenters. The molecule has 0 N–H and O–H groups in total. The highest BCUT2D eigenvalue weighted by molar-refractivity contribution is 7.17. The van der Waals surface area contributed by atoms with Crippen molar-refractivity contribution >= 4 is 21.6 Å². The molecule has 0 saturated carbocycles. The molecule has 118 valence electrons. The molecule has 3 heterocycles. The Bertz CT molecular complexity index is 1050. The van der Waals surface area contributed by atoms with Crippen molar-refractivity contribution in [3.8, 4) is 11.1 Å². The first-order valence-corrected chi connectivity index (χ1v) is 8.54. The van der Waals surface area contributed by atoms with Crippen LogP contribution in [0.2, 0.25) is 0 Å². The van der Waals surface area contributed by atoms with Crippen molar-refractivity contribution < 1.29 is 0 Å². The third kappa shape index (κ3) is 2.63. The van der Waals surface area contributed by atoms with Crippen molar-refractivity contribution in [2.45, 2.75) is 13.5 Å². The molecule has 0 aliphatic heterocycles. The van der Waals surface area contributed by atoms with Gasteiger partial charge in [-0.25, -0.2) is 4.98 Å². The monoisotopic (exact) mass is 333 g/mol. The zero-order valence-corrected chi connectivity index (χ0v) is 14.0. The minimum Gasteiger partial charge on any atom is -0.292 e. The van der Waals surface area contributed by atoms with Crippen LogP contribution in [0.5, 0.6) is 0 Å². The van der Waals surface area contributed by atoms with Gasteiger partial charge in [-0.05, 0) is 24.6 Å². The largest absolute Gasteiger partial charge is 0.292 e. The number of nitrogens with zero attached hydrogens (tertiary/aromatic N) is 3. The Labute approximate surface area is 143 Å². The standard InChI is InChI=1S/C19H15N3OS/c1-13-5-7-14(8-6-13)16-11-24-18-17(16)21-12-22(19(18)23)10-15-4-2-3-9-20-15/h2-9,11-12H,10H2,1H3. The van der Waals surface area contributed by atoms with Crippen LogP contribution < -0.4 is 5.56 Å². The van der Waals surface area contributed by atoms with E-state index in [1.807, 2.05) is 23.6 Å². The van der Waals surface area contributed by atoms with Gasteiger partial charge in [0.1, 0.15) is 4.70 Å². The number of benzene rings is 1. The number of aryl methyl sites for hydroxylation is 1. The Kier molecular flexibility index (Phi) is 3.70. The van der Waals surface area contributed by atoms with Gasteiger partial charge in [-0.3, -0.25) is 14.3 Å². The fourth-order valence-electron chi connectivity index (χ4n) is 2.66. The van der Waals surface area contributed by atoms with Gasteiger partial charge in [0.05, 0.1) is 24.1 Å². The third-order valence-corrected chi connectivity index (χ3v) is 4.92. The van der Waals surface area contributed by atoms with E-state index in [0.29, 0.717) is 11.2 Å². The topological polar surface area (TPSA) is 47.8 Å². The fourth-order valence-corrected chi connectivity index (χ4v) is 3.63. The van der Waals surface area contributed by atoms with E-state index in [1.165, 1.54) is 16.9 Å². The van der Waals surface area contributed by atoms with Gasteiger partial charge in [-0.15, -0.1) is 11.3 Å². The van der Waals surface area contributed by atoms with Gasteiger partial charge >= 0.3 is 0 Å². The number of fused-ring (bicyclic) bond motifs is 1. The van der Waals surface area contributed by atoms with E-state index in [9.17, 15) is 4.79 Å². The summed E-state index contributed by atoms with van der Waals surface area (Å²) < 4.78 is 2.30. The Morgan fingerprint density at radius 2 is 1.92 bits per heavy atom. The van der Waals surface area contributed by atoms with E-state index in [4.69, 9.17) is 0 Å². The Morgan fingerprint density at radius 1 is 1.08 bits per heavy atom. The predicted octanol–water partition coefficient (Wildman–Crippen LogP) is 3.88. The Balaban J connectivity index is 1.78. The average Bonchev–Trinajstić information content (AvgIpc) is 3.04. The van der Waals surface area contributed by atoms with Gasteiger partial charge in [-0.2, -0.15) is 0 Å². The quantitative estimate of drug-likeness (QED) is 0.572. The van der Waals surface area contributed by atoms with E-state index >= 15 is 0 Å². The van der Waals surface area contributed by atoms with Crippen LogP contribution in [-0.4, -0.2) is 14.5 Å². The molecule has 3 aromatic heterocycles. The van der Waals surface area contributed by atoms with Crippen LogP contribution in [0.25, 0.3) is 21.3 Å². The first kappa shape index (κ1) is 14.8. The first-order valence-electron chi connectivity index (χ1n) is 7.66. The summed E-state index contributed by atoms with van der Waals surface area (Å²) in [6.45, 7) is 2.49. The van der Waals surface area contributed by atoms with Crippen molar-refractivity contribution in [3.05, 3.63) is 82.0 Å². The second kappa shape index (κ2) is 6.02. The SMILES string of the molecule is Cc1ccc(-c2csc3c(=O)n(Cc4ccccn4)cnc23)cc1. The van der Waals surface area contributed by atoms with Gasteiger partial charge in [0.25, 0.3) is 5.56 Å². The molecule has 0 fully saturated rings. The predicted molar refractivity (Wildman–Crippen MR) is 97.4 cm³/mol. The maximum absolute atomic E-state index is 12.7. The van der Waals surface area contributed by atoms with Gasteiger partial charge < -0.3 is 0 Å². The number of hydrogen-bond acceptors (Lipinski definition) is 4. The van der Waals surface area contributed by atoms with Crippen molar-refractivity contribution in [2.24, 2.45) is 0 Å². The number of hydrogen-bond donors (Lipinski definition) is 0. The average molecular weight is 333 g/mol. The number of pyridine rings is 1. The Morgan fingerprint density at radius 3 is 2.67 bits per heavy atom. The first-order chi connectivity index (χ1) is 11.7. The summed E-state index contributed by atoms with van der Waals surface area (Å²) in [6.07, 6.45) is 3.34.